The fourth-order valence-corrected chi connectivity index (χ4v) is 19.8. The molecule has 1 N–H and O–H groups in total. The number of carbonyl (C=O) groups is 9. The van der Waals surface area contributed by atoms with Gasteiger partial charge in [0.1, 0.15) is 23.4 Å². The molecule has 0 aromatic heterocycles. The molecule has 10 saturated carbocycles. The maximum atomic E-state index is 12.6. The van der Waals surface area contributed by atoms with Crippen molar-refractivity contribution in [2.75, 3.05) is 20.0 Å². The number of fused-ring (bicyclic) bond motifs is 1. The molecule has 123 heavy (non-hydrogen) atoms. The first-order valence-corrected chi connectivity index (χ1v) is 43.1. The smallest absolute Gasteiger partial charge is 0.429 e. The molecule has 26 heteroatoms. The van der Waals surface area contributed by atoms with Gasteiger partial charge in [0.15, 0.2) is 31.4 Å². The summed E-state index contributed by atoms with van der Waals surface area (Å²) in [6.45, 7) is 28.7. The summed E-state index contributed by atoms with van der Waals surface area (Å²) in [6, 6.07) is 32.2. The minimum atomic E-state index is -6.18. The number of ether oxygens (including phenoxy) is 9. The van der Waals surface area contributed by atoms with Crippen molar-refractivity contribution in [1.29, 1.82) is 0 Å². The molecule has 0 radical (unpaired) electrons. The Labute approximate surface area is 743 Å². The van der Waals surface area contributed by atoms with Gasteiger partial charge in [-0.1, -0.05) is 170 Å². The zero-order valence-corrected chi connectivity index (χ0v) is 70.6. The van der Waals surface area contributed by atoms with E-state index in [0.717, 1.165) is 69.6 Å². The standard InChI is InChI=1S/C18H30O2.C18H15S.C16H22O6.C16H26O3.C10H16O4.C9H14F2O7S.10CH4/c1-5-17(3,4)16(19)20-18(6-2)14-8-12-7-13(10-14)11-15(18)9-12;1-4-10-16(11-5-1)19(17-12-6-2-7-13-17)18-14-8-3-9-15-18;1-4-16(2,3)15(19)20-7-11(17)21-12-8-5-9-10(6-8)14(18)22-13(9)12;1-4-14(2,3)13(17)19-16-8-11-5-12(9-16)7-15(18,6-11)10-16;1-4-10(2,3)9(12)14-7-5-6-13-8(7)11;1-4-8(2,3)6(12)17-5-18-7(13)9(10,11)19(14,15)16;;;;;;;;;;/h12-15H,5-11H2,1-4H3;1-15H;8-10,12-13H,4-7H2,1-3H3;11-12,18H,4-10H2,1-3H3;7H,4-6H2,1-3H3;4-5H2,1-3H3,(H,14,15,16);10*1H4/q;+1;;;;;;;;;;;;;;/p-1. The van der Waals surface area contributed by atoms with E-state index in [2.05, 4.69) is 114 Å². The van der Waals surface area contributed by atoms with E-state index < -0.39 is 85.4 Å². The third-order valence-corrected chi connectivity index (χ3v) is 28.9. The summed E-state index contributed by atoms with van der Waals surface area (Å²) in [7, 11) is -6.20. The summed E-state index contributed by atoms with van der Waals surface area (Å²) in [4.78, 5) is 109. The molecule has 12 aliphatic rings. The van der Waals surface area contributed by atoms with Crippen LogP contribution in [0.15, 0.2) is 106 Å². The number of rotatable bonds is 24. The summed E-state index contributed by atoms with van der Waals surface area (Å²) in [5.74, 6) is -0.733. The van der Waals surface area contributed by atoms with Crippen molar-refractivity contribution in [2.24, 2.45) is 80.3 Å². The maximum Gasteiger partial charge on any atom is 0.429 e. The van der Waals surface area contributed by atoms with Gasteiger partial charge in [-0.05, 0) is 257 Å². The highest BCUT2D eigenvalue weighted by molar-refractivity contribution is 7.97. The van der Waals surface area contributed by atoms with Crippen molar-refractivity contribution in [3.63, 3.8) is 0 Å². The molecule has 15 rings (SSSR count). The van der Waals surface area contributed by atoms with E-state index in [1.165, 1.54) is 67.1 Å². The van der Waals surface area contributed by atoms with Gasteiger partial charge < -0.3 is 52.3 Å². The SMILES string of the molecule is C.C.C.C.C.C.C.C.C.C.CCC(C)(C)C(=O)OC1(CC)C2CC3CC(C2)CC1C3.CCC(C)(C)C(=O)OC12CC3CC(CC(O)(C3)C1)C2.CCC(C)(C)C(=O)OC1CCOC1=O.CCC(C)(C)C(=O)OCC(=O)OC1C2CC3C(=O)OC1C3C2.CCC(C)(C)C(=O)OCOC(=O)C(F)(F)S(=O)(=O)[O-].c1ccc([S+](c2ccccc2)c2ccccc2)cc1. The van der Waals surface area contributed by atoms with E-state index in [1.807, 2.05) is 48.5 Å². The van der Waals surface area contributed by atoms with E-state index in [9.17, 15) is 70.0 Å². The number of carbonyl (C=O) groups excluding carboxylic acids is 9. The van der Waals surface area contributed by atoms with Crippen LogP contribution in [0.4, 0.5) is 8.78 Å². The minimum absolute atomic E-state index is 0. The van der Waals surface area contributed by atoms with Crippen LogP contribution in [0.1, 0.15) is 313 Å². The molecule has 10 bridgehead atoms. The molecule has 22 nitrogen and oxygen atoms in total. The number of benzene rings is 3. The first-order chi connectivity index (χ1) is 52.8. The fourth-order valence-electron chi connectivity index (χ4n) is 17.5. The van der Waals surface area contributed by atoms with Crippen LogP contribution in [-0.4, -0.2) is 132 Å². The van der Waals surface area contributed by atoms with Crippen LogP contribution in [0.25, 0.3) is 0 Å². The Hall–Kier alpha value is -7.03. The molecule has 0 spiro atoms. The summed E-state index contributed by atoms with van der Waals surface area (Å²) < 4.78 is 101. The molecule has 2 saturated heterocycles. The second-order valence-electron chi connectivity index (χ2n) is 35.9. The number of esters is 9. The van der Waals surface area contributed by atoms with Gasteiger partial charge in [-0.25, -0.2) is 22.8 Å². The van der Waals surface area contributed by atoms with Crippen molar-refractivity contribution in [3.05, 3.63) is 91.0 Å². The van der Waals surface area contributed by atoms with Crippen LogP contribution < -0.4 is 0 Å². The van der Waals surface area contributed by atoms with Crippen molar-refractivity contribution in [3.8, 4) is 0 Å². The van der Waals surface area contributed by atoms with Crippen molar-refractivity contribution >= 4 is 74.7 Å². The van der Waals surface area contributed by atoms with E-state index in [1.54, 1.807) is 34.6 Å². The van der Waals surface area contributed by atoms with Crippen LogP contribution in [0, 0.1) is 80.3 Å². The number of hydrogen-bond donors (Lipinski definition) is 1. The molecule has 2 aliphatic heterocycles. The molecular formula is C97H162F2O22S2. The highest BCUT2D eigenvalue weighted by Crippen LogP contribution is 2.62. The topological polar surface area (TPSA) is 314 Å². The quantitative estimate of drug-likeness (QED) is 0.0286. The van der Waals surface area contributed by atoms with Crippen molar-refractivity contribution in [1.82, 2.24) is 0 Å². The van der Waals surface area contributed by atoms with Crippen molar-refractivity contribution < 1.29 is 113 Å². The van der Waals surface area contributed by atoms with Gasteiger partial charge in [-0.2, -0.15) is 8.78 Å². The third-order valence-electron chi connectivity index (χ3n) is 25.8. The van der Waals surface area contributed by atoms with Gasteiger partial charge >= 0.3 is 59.0 Å². The third kappa shape index (κ3) is 29.0. The van der Waals surface area contributed by atoms with E-state index in [-0.39, 0.29) is 162 Å². The average Bonchev–Trinajstić information content (AvgIpc) is 1.64. The largest absolute Gasteiger partial charge is 0.743 e. The van der Waals surface area contributed by atoms with E-state index in [4.69, 9.17) is 33.2 Å². The molecular weight excluding hydrogens is 1620 g/mol. The molecule has 8 atom stereocenters. The zero-order valence-electron chi connectivity index (χ0n) is 68.9. The van der Waals surface area contributed by atoms with Crippen LogP contribution >= 0.6 is 0 Å². The summed E-state index contributed by atoms with van der Waals surface area (Å²) in [6.07, 6.45) is 17.4. The Balaban J connectivity index is -0.00000139. The van der Waals surface area contributed by atoms with Gasteiger partial charge in [0.2, 0.25) is 12.9 Å². The van der Waals surface area contributed by atoms with Gasteiger partial charge in [-0.15, -0.1) is 0 Å². The average molecular weight is 1780 g/mol. The molecule has 0 amide bonds. The highest BCUT2D eigenvalue weighted by Gasteiger charge is 2.64. The second kappa shape index (κ2) is 48.8. The minimum Gasteiger partial charge on any atom is -0.743 e. The van der Waals surface area contributed by atoms with Crippen molar-refractivity contribution in [2.45, 2.75) is 369 Å². The zero-order chi connectivity index (χ0) is 83.7. The first kappa shape index (κ1) is 120. The predicted octanol–water partition coefficient (Wildman–Crippen LogP) is 22.1. The summed E-state index contributed by atoms with van der Waals surface area (Å²) in [5.41, 5.74) is -3.84. The van der Waals surface area contributed by atoms with Crippen LogP contribution in [0.5, 0.6) is 0 Å². The highest BCUT2D eigenvalue weighted by atomic mass is 32.2. The van der Waals surface area contributed by atoms with Crippen LogP contribution in [-0.2, 0) is 107 Å². The van der Waals surface area contributed by atoms with E-state index >= 15 is 0 Å². The van der Waals surface area contributed by atoms with Gasteiger partial charge in [-0.3, -0.25) is 28.8 Å². The number of cyclic esters (lactones) is 1. The number of alkyl halides is 2. The van der Waals surface area contributed by atoms with Crippen LogP contribution in [0.3, 0.4) is 0 Å². The Bertz CT molecular complexity index is 3780. The number of halogens is 2. The molecule has 3 aromatic carbocycles. The van der Waals surface area contributed by atoms with E-state index in [0.29, 0.717) is 62.4 Å². The summed E-state index contributed by atoms with van der Waals surface area (Å²) in [5, 5.41) is 5.43. The number of aliphatic hydroxyl groups is 1. The van der Waals surface area contributed by atoms with Gasteiger partial charge in [0.25, 0.3) is 0 Å². The molecule has 2 heterocycles. The first-order valence-electron chi connectivity index (χ1n) is 40.5. The second-order valence-corrected chi connectivity index (χ2v) is 39.4. The molecule has 10 aliphatic carbocycles. The van der Waals surface area contributed by atoms with Crippen LogP contribution in [0.2, 0.25) is 0 Å². The Morgan fingerprint density at radius 2 is 0.886 bits per heavy atom. The molecule has 8 unspecified atom stereocenters. The predicted molar refractivity (Wildman–Crippen MR) is 481 cm³/mol. The lowest BCUT2D eigenvalue weighted by molar-refractivity contribution is -0.225. The maximum absolute atomic E-state index is 12.6. The lowest BCUT2D eigenvalue weighted by Crippen LogP contribution is -2.61. The fraction of sp³-hybridized carbons (Fsp3) is 0.722. The molecule has 708 valence electrons. The Morgan fingerprint density at radius 3 is 1.28 bits per heavy atom. The normalized spacial score (nSPS) is 26.3. The Morgan fingerprint density at radius 1 is 0.496 bits per heavy atom. The number of hydrogen-bond acceptors (Lipinski definition) is 22. The lowest BCUT2D eigenvalue weighted by atomic mass is 9.49. The molecule has 3 aromatic rings. The van der Waals surface area contributed by atoms with Gasteiger partial charge in [0, 0.05) is 24.7 Å². The monoisotopic (exact) mass is 1780 g/mol. The lowest BCUT2D eigenvalue weighted by Gasteiger charge is -2.60. The summed E-state index contributed by atoms with van der Waals surface area (Å²) >= 11 is 0. The Kier molecular flexibility index (Phi) is 47.6. The molecule has 12 fully saturated rings. The van der Waals surface area contributed by atoms with Gasteiger partial charge in [0.05, 0.1) is 56.1 Å².